The fraction of sp³-hybridized carbons (Fsp3) is 0.407. The van der Waals surface area contributed by atoms with E-state index in [4.69, 9.17) is 14.2 Å². The number of ketones is 1. The first-order valence-electron chi connectivity index (χ1n) is 11.6. The number of hydrogen-bond donors (Lipinski definition) is 1. The number of Topliss-reactive ketones (excluding diaryl/α,β-unsaturated/α-hetero) is 1. The molecule has 3 rings (SSSR count). The second-order valence-electron chi connectivity index (χ2n) is 9.13. The Morgan fingerprint density at radius 2 is 1.69 bits per heavy atom. The van der Waals surface area contributed by atoms with Crippen LogP contribution in [0.2, 0.25) is 0 Å². The highest BCUT2D eigenvalue weighted by molar-refractivity contribution is 6.46. The smallest absolute Gasteiger partial charge is 0.295 e. The number of nitrogens with zero attached hydrogens (tertiary/aromatic N) is 2. The van der Waals surface area contributed by atoms with E-state index in [1.807, 2.05) is 19.0 Å². The van der Waals surface area contributed by atoms with Crippen molar-refractivity contribution in [2.24, 2.45) is 5.92 Å². The predicted molar refractivity (Wildman–Crippen MR) is 134 cm³/mol. The minimum atomic E-state index is -0.812. The number of ether oxygens (including phenoxy) is 3. The molecule has 1 amide bonds. The van der Waals surface area contributed by atoms with E-state index in [0.29, 0.717) is 54.0 Å². The monoisotopic (exact) mass is 482 g/mol. The van der Waals surface area contributed by atoms with Crippen LogP contribution < -0.4 is 14.2 Å². The molecule has 0 aromatic heterocycles. The van der Waals surface area contributed by atoms with Crippen LogP contribution in [0.3, 0.4) is 0 Å². The third-order valence-electron chi connectivity index (χ3n) is 5.77. The molecular weight excluding hydrogens is 448 g/mol. The van der Waals surface area contributed by atoms with Crippen molar-refractivity contribution in [1.29, 1.82) is 0 Å². The van der Waals surface area contributed by atoms with E-state index in [2.05, 4.69) is 13.8 Å². The van der Waals surface area contributed by atoms with Crippen LogP contribution in [-0.4, -0.2) is 74.6 Å². The Morgan fingerprint density at radius 3 is 2.26 bits per heavy atom. The summed E-state index contributed by atoms with van der Waals surface area (Å²) in [5, 5.41) is 11.3. The summed E-state index contributed by atoms with van der Waals surface area (Å²) >= 11 is 0. The van der Waals surface area contributed by atoms with Gasteiger partial charge in [-0.25, -0.2) is 0 Å². The Bertz CT molecular complexity index is 1090. The summed E-state index contributed by atoms with van der Waals surface area (Å²) in [6.07, 6.45) is 0. The molecule has 0 radical (unpaired) electrons. The standard InChI is InChI=1S/C27H34N2O6/c1-17(2)16-35-19-9-7-18(8-10-19)25(30)23-24(21-12-11-20(33-5)15-22(21)34-6)29(14-13-28(3)4)27(32)26(23)31/h7-12,15,17,24,30H,13-14,16H2,1-6H3/t24-/m0/s1. The first-order valence-corrected chi connectivity index (χ1v) is 11.6. The molecule has 1 fully saturated rings. The quantitative estimate of drug-likeness (QED) is 0.314. The molecule has 2 aromatic rings. The van der Waals surface area contributed by atoms with Crippen molar-refractivity contribution in [2.45, 2.75) is 19.9 Å². The van der Waals surface area contributed by atoms with Gasteiger partial charge in [0, 0.05) is 30.3 Å². The predicted octanol–water partition coefficient (Wildman–Crippen LogP) is 3.72. The zero-order chi connectivity index (χ0) is 25.7. The van der Waals surface area contributed by atoms with E-state index in [1.54, 1.807) is 49.6 Å². The van der Waals surface area contributed by atoms with Gasteiger partial charge in [-0.1, -0.05) is 13.8 Å². The van der Waals surface area contributed by atoms with Crippen molar-refractivity contribution < 1.29 is 28.9 Å². The molecule has 1 N–H and O–H groups in total. The molecule has 0 bridgehead atoms. The van der Waals surface area contributed by atoms with Gasteiger partial charge in [0.25, 0.3) is 11.7 Å². The molecule has 0 saturated carbocycles. The number of benzene rings is 2. The van der Waals surface area contributed by atoms with Gasteiger partial charge in [-0.3, -0.25) is 9.59 Å². The molecule has 8 nitrogen and oxygen atoms in total. The minimum Gasteiger partial charge on any atom is -0.507 e. The molecular formula is C27H34N2O6. The molecule has 1 atom stereocenters. The number of aliphatic hydroxyl groups is 1. The van der Waals surface area contributed by atoms with Crippen LogP contribution in [0.4, 0.5) is 0 Å². The summed E-state index contributed by atoms with van der Waals surface area (Å²) < 4.78 is 16.6. The summed E-state index contributed by atoms with van der Waals surface area (Å²) in [4.78, 5) is 29.7. The largest absolute Gasteiger partial charge is 0.507 e. The van der Waals surface area contributed by atoms with Gasteiger partial charge in [-0.15, -0.1) is 0 Å². The number of methoxy groups -OCH3 is 2. The van der Waals surface area contributed by atoms with Crippen molar-refractivity contribution in [2.75, 3.05) is 48.0 Å². The van der Waals surface area contributed by atoms with Gasteiger partial charge >= 0.3 is 0 Å². The fourth-order valence-corrected chi connectivity index (χ4v) is 3.91. The molecule has 1 aliphatic rings. The molecule has 188 valence electrons. The van der Waals surface area contributed by atoms with Crippen LogP contribution in [0.1, 0.15) is 31.0 Å². The van der Waals surface area contributed by atoms with E-state index in [0.717, 1.165) is 0 Å². The van der Waals surface area contributed by atoms with Gasteiger partial charge in [0.1, 0.15) is 23.0 Å². The minimum absolute atomic E-state index is 0.0214. The Hall–Kier alpha value is -3.52. The lowest BCUT2D eigenvalue weighted by atomic mass is 9.94. The van der Waals surface area contributed by atoms with Crippen LogP contribution >= 0.6 is 0 Å². The maximum Gasteiger partial charge on any atom is 0.295 e. The van der Waals surface area contributed by atoms with Gasteiger partial charge in [0.2, 0.25) is 0 Å². The number of aliphatic hydroxyl groups excluding tert-OH is 1. The second-order valence-corrected chi connectivity index (χ2v) is 9.13. The van der Waals surface area contributed by atoms with E-state index in [9.17, 15) is 14.7 Å². The summed E-state index contributed by atoms with van der Waals surface area (Å²) in [5.74, 6) is 0.435. The van der Waals surface area contributed by atoms with Gasteiger partial charge in [-0.2, -0.15) is 0 Å². The summed E-state index contributed by atoms with van der Waals surface area (Å²) in [7, 11) is 6.84. The normalized spacial score (nSPS) is 17.4. The van der Waals surface area contributed by atoms with Crippen molar-refractivity contribution in [3.63, 3.8) is 0 Å². The Balaban J connectivity index is 2.10. The number of amides is 1. The van der Waals surface area contributed by atoms with Crippen LogP contribution in [0, 0.1) is 5.92 Å². The third kappa shape index (κ3) is 5.77. The van der Waals surface area contributed by atoms with E-state index >= 15 is 0 Å². The van der Waals surface area contributed by atoms with Crippen LogP contribution in [0.25, 0.3) is 5.76 Å². The van der Waals surface area contributed by atoms with Gasteiger partial charge in [-0.05, 0) is 56.4 Å². The van der Waals surface area contributed by atoms with Gasteiger partial charge < -0.3 is 29.1 Å². The molecule has 1 saturated heterocycles. The van der Waals surface area contributed by atoms with E-state index in [-0.39, 0.29) is 11.3 Å². The van der Waals surface area contributed by atoms with Crippen molar-refractivity contribution >= 4 is 17.4 Å². The average molecular weight is 483 g/mol. The fourth-order valence-electron chi connectivity index (χ4n) is 3.91. The van der Waals surface area contributed by atoms with Crippen molar-refractivity contribution in [1.82, 2.24) is 9.80 Å². The summed E-state index contributed by atoms with van der Waals surface area (Å²) in [6, 6.07) is 11.2. The Kier molecular flexibility index (Phi) is 8.40. The number of likely N-dealkylation sites (N-methyl/N-ethyl adjacent to an activating group) is 1. The number of likely N-dealkylation sites (tertiary alicyclic amines) is 1. The number of hydrogen-bond acceptors (Lipinski definition) is 7. The van der Waals surface area contributed by atoms with E-state index in [1.165, 1.54) is 12.0 Å². The van der Waals surface area contributed by atoms with Crippen molar-refractivity contribution in [3.05, 3.63) is 59.2 Å². The van der Waals surface area contributed by atoms with Gasteiger partial charge in [0.05, 0.1) is 32.4 Å². The second kappa shape index (κ2) is 11.3. The van der Waals surface area contributed by atoms with Gasteiger partial charge in [0.15, 0.2) is 0 Å². The first kappa shape index (κ1) is 26.1. The first-order chi connectivity index (χ1) is 16.7. The maximum atomic E-state index is 13.2. The third-order valence-corrected chi connectivity index (χ3v) is 5.77. The SMILES string of the molecule is COc1ccc([C@H]2C(=C(O)c3ccc(OCC(C)C)cc3)C(=O)C(=O)N2CCN(C)C)c(OC)c1. The lowest BCUT2D eigenvalue weighted by Gasteiger charge is -2.27. The lowest BCUT2D eigenvalue weighted by molar-refractivity contribution is -0.140. The number of carbonyl (C=O) groups excluding carboxylic acids is 2. The molecule has 0 spiro atoms. The maximum absolute atomic E-state index is 13.2. The molecule has 8 heteroatoms. The average Bonchev–Trinajstić information content (AvgIpc) is 3.10. The van der Waals surface area contributed by atoms with Crippen LogP contribution in [0.15, 0.2) is 48.0 Å². The lowest BCUT2D eigenvalue weighted by Crippen LogP contribution is -2.35. The number of rotatable bonds is 10. The molecule has 1 aliphatic heterocycles. The Labute approximate surface area is 206 Å². The summed E-state index contributed by atoms with van der Waals surface area (Å²) in [5.41, 5.74) is 1.03. The zero-order valence-corrected chi connectivity index (χ0v) is 21.2. The molecule has 2 aromatic carbocycles. The molecule has 0 aliphatic carbocycles. The number of carbonyl (C=O) groups is 2. The molecule has 35 heavy (non-hydrogen) atoms. The topological polar surface area (TPSA) is 88.5 Å². The van der Waals surface area contributed by atoms with Crippen LogP contribution in [0.5, 0.6) is 17.2 Å². The zero-order valence-electron chi connectivity index (χ0n) is 21.2. The highest BCUT2D eigenvalue weighted by atomic mass is 16.5. The summed E-state index contributed by atoms with van der Waals surface area (Å²) in [6.45, 7) is 5.53. The van der Waals surface area contributed by atoms with E-state index < -0.39 is 17.7 Å². The Morgan fingerprint density at radius 1 is 1.03 bits per heavy atom. The van der Waals surface area contributed by atoms with Crippen molar-refractivity contribution in [3.8, 4) is 17.2 Å². The highest BCUT2D eigenvalue weighted by Crippen LogP contribution is 2.43. The molecule has 0 unspecified atom stereocenters. The molecule has 1 heterocycles. The highest BCUT2D eigenvalue weighted by Gasteiger charge is 2.47. The van der Waals surface area contributed by atoms with Crippen LogP contribution in [-0.2, 0) is 9.59 Å².